The van der Waals surface area contributed by atoms with Crippen LogP contribution in [0, 0.1) is 17.8 Å². The van der Waals surface area contributed by atoms with Crippen LogP contribution in [-0.2, 0) is 14.3 Å². The van der Waals surface area contributed by atoms with Gasteiger partial charge in [0.05, 0.1) is 12.2 Å². The Morgan fingerprint density at radius 2 is 1.90 bits per heavy atom. The highest BCUT2D eigenvalue weighted by Gasteiger charge is 2.44. The second-order valence-corrected chi connectivity index (χ2v) is 7.05. The summed E-state index contributed by atoms with van der Waals surface area (Å²) in [5.41, 5.74) is -0.126. The lowest BCUT2D eigenvalue weighted by Crippen LogP contribution is -2.44. The van der Waals surface area contributed by atoms with Crippen molar-refractivity contribution in [3.8, 4) is 0 Å². The van der Waals surface area contributed by atoms with Gasteiger partial charge in [0.15, 0.2) is 0 Å². The van der Waals surface area contributed by atoms with E-state index in [-0.39, 0.29) is 11.5 Å². The maximum atomic E-state index is 12.8. The van der Waals surface area contributed by atoms with Gasteiger partial charge in [0, 0.05) is 31.5 Å². The number of Topliss-reactive ketones (excluding diaryl/α,β-unsaturated/α-hetero) is 1. The van der Waals surface area contributed by atoms with Crippen molar-refractivity contribution in [2.45, 2.75) is 63.9 Å². The first-order valence-corrected chi connectivity index (χ1v) is 8.48. The summed E-state index contributed by atoms with van der Waals surface area (Å²) in [6.07, 6.45) is 8.83. The van der Waals surface area contributed by atoms with Gasteiger partial charge < -0.3 is 9.47 Å². The van der Waals surface area contributed by atoms with Crippen LogP contribution in [0.15, 0.2) is 0 Å². The molecule has 2 unspecified atom stereocenters. The molecule has 2 saturated heterocycles. The Labute approximate surface area is 122 Å². The molecule has 0 amide bonds. The smallest absolute Gasteiger partial charge is 0.139 e. The van der Waals surface area contributed by atoms with E-state index in [4.69, 9.17) is 9.47 Å². The third-order valence-electron chi connectivity index (χ3n) is 5.79. The molecular formula is C17H28O3. The maximum absolute atomic E-state index is 12.8. The van der Waals surface area contributed by atoms with Crippen molar-refractivity contribution >= 4 is 5.78 Å². The molecule has 0 aromatic carbocycles. The Balaban J connectivity index is 1.57. The first-order valence-electron chi connectivity index (χ1n) is 8.48. The Morgan fingerprint density at radius 1 is 1.10 bits per heavy atom. The lowest BCUT2D eigenvalue weighted by molar-refractivity contribution is -0.141. The Morgan fingerprint density at radius 3 is 2.55 bits per heavy atom. The van der Waals surface area contributed by atoms with E-state index in [2.05, 4.69) is 6.92 Å². The minimum atomic E-state index is -0.126. The van der Waals surface area contributed by atoms with Crippen LogP contribution in [0.3, 0.4) is 0 Å². The minimum Gasteiger partial charge on any atom is -0.378 e. The molecule has 3 nitrogen and oxygen atoms in total. The summed E-state index contributed by atoms with van der Waals surface area (Å²) in [6, 6.07) is 0. The molecule has 20 heavy (non-hydrogen) atoms. The van der Waals surface area contributed by atoms with Crippen molar-refractivity contribution in [3.05, 3.63) is 0 Å². The van der Waals surface area contributed by atoms with E-state index < -0.39 is 0 Å². The average molecular weight is 280 g/mol. The van der Waals surface area contributed by atoms with Crippen molar-refractivity contribution in [1.29, 1.82) is 0 Å². The van der Waals surface area contributed by atoms with Crippen molar-refractivity contribution in [2.75, 3.05) is 19.8 Å². The topological polar surface area (TPSA) is 35.5 Å². The molecular weight excluding hydrogens is 252 g/mol. The molecule has 0 N–H and O–H groups in total. The normalized spacial score (nSPS) is 42.0. The van der Waals surface area contributed by atoms with Crippen molar-refractivity contribution in [2.24, 2.45) is 17.8 Å². The zero-order chi connectivity index (χ0) is 14.0. The zero-order valence-corrected chi connectivity index (χ0v) is 12.7. The highest BCUT2D eigenvalue weighted by atomic mass is 16.6. The van der Waals surface area contributed by atoms with Crippen LogP contribution < -0.4 is 0 Å². The first-order chi connectivity index (χ1) is 9.72. The van der Waals surface area contributed by atoms with E-state index in [9.17, 15) is 4.79 Å². The standard InChI is InChI=1S/C17H28O3/c1-2-13-3-5-14(6-4-13)16(18)15-7-9-20-17(11-15)8-10-19-12-17/h13-15H,2-12H2,1H3. The lowest BCUT2D eigenvalue weighted by Gasteiger charge is -2.38. The molecule has 2 aliphatic heterocycles. The van der Waals surface area contributed by atoms with Crippen LogP contribution in [-0.4, -0.2) is 31.2 Å². The van der Waals surface area contributed by atoms with Crippen molar-refractivity contribution in [1.82, 2.24) is 0 Å². The largest absolute Gasteiger partial charge is 0.378 e. The predicted molar refractivity (Wildman–Crippen MR) is 77.6 cm³/mol. The number of ether oxygens (including phenoxy) is 2. The van der Waals surface area contributed by atoms with Gasteiger partial charge in [-0.1, -0.05) is 13.3 Å². The number of carbonyl (C=O) groups excluding carboxylic acids is 1. The van der Waals surface area contributed by atoms with Crippen LogP contribution in [0.2, 0.25) is 0 Å². The Bertz CT molecular complexity index is 338. The van der Waals surface area contributed by atoms with Crippen LogP contribution in [0.25, 0.3) is 0 Å². The lowest BCUT2D eigenvalue weighted by atomic mass is 9.73. The molecule has 3 rings (SSSR count). The number of carbonyl (C=O) groups is 1. The number of ketones is 1. The third-order valence-corrected chi connectivity index (χ3v) is 5.79. The Kier molecular flexibility index (Phi) is 4.46. The van der Waals surface area contributed by atoms with Gasteiger partial charge in [-0.05, 0) is 44.4 Å². The molecule has 0 aromatic rings. The second kappa shape index (κ2) is 6.15. The van der Waals surface area contributed by atoms with Gasteiger partial charge in [-0.3, -0.25) is 4.79 Å². The van der Waals surface area contributed by atoms with E-state index in [1.165, 1.54) is 19.3 Å². The number of hydrogen-bond donors (Lipinski definition) is 0. The average Bonchev–Trinajstić information content (AvgIpc) is 2.94. The third kappa shape index (κ3) is 2.94. The zero-order valence-electron chi connectivity index (χ0n) is 12.7. The molecule has 1 spiro atoms. The Hall–Kier alpha value is -0.410. The van der Waals surface area contributed by atoms with Gasteiger partial charge in [-0.2, -0.15) is 0 Å². The van der Waals surface area contributed by atoms with Gasteiger partial charge in [0.25, 0.3) is 0 Å². The SMILES string of the molecule is CCC1CCC(C(=O)C2CCOC3(CCOC3)C2)CC1. The molecule has 114 valence electrons. The fourth-order valence-electron chi connectivity index (χ4n) is 4.32. The highest BCUT2D eigenvalue weighted by Crippen LogP contribution is 2.39. The fourth-order valence-corrected chi connectivity index (χ4v) is 4.32. The summed E-state index contributed by atoms with van der Waals surface area (Å²) in [6.45, 7) is 4.50. The first kappa shape index (κ1) is 14.5. The molecule has 3 fully saturated rings. The van der Waals surface area contributed by atoms with E-state index in [0.717, 1.165) is 51.2 Å². The van der Waals surface area contributed by atoms with Crippen LogP contribution in [0.4, 0.5) is 0 Å². The highest BCUT2D eigenvalue weighted by molar-refractivity contribution is 5.83. The second-order valence-electron chi connectivity index (χ2n) is 7.05. The van der Waals surface area contributed by atoms with Gasteiger partial charge in [-0.25, -0.2) is 0 Å². The monoisotopic (exact) mass is 280 g/mol. The molecule has 3 heteroatoms. The van der Waals surface area contributed by atoms with E-state index >= 15 is 0 Å². The molecule has 0 bridgehead atoms. The number of hydrogen-bond acceptors (Lipinski definition) is 3. The summed E-state index contributed by atoms with van der Waals surface area (Å²) in [4.78, 5) is 12.8. The van der Waals surface area contributed by atoms with Crippen LogP contribution >= 0.6 is 0 Å². The van der Waals surface area contributed by atoms with Crippen molar-refractivity contribution in [3.63, 3.8) is 0 Å². The van der Waals surface area contributed by atoms with E-state index in [0.29, 0.717) is 18.3 Å². The molecule has 0 radical (unpaired) electrons. The van der Waals surface area contributed by atoms with Crippen LogP contribution in [0.1, 0.15) is 58.3 Å². The summed E-state index contributed by atoms with van der Waals surface area (Å²) < 4.78 is 11.5. The van der Waals surface area contributed by atoms with Gasteiger partial charge in [-0.15, -0.1) is 0 Å². The summed E-state index contributed by atoms with van der Waals surface area (Å²) in [5.74, 6) is 1.96. The molecule has 2 atom stereocenters. The van der Waals surface area contributed by atoms with Crippen LogP contribution in [0.5, 0.6) is 0 Å². The van der Waals surface area contributed by atoms with E-state index in [1.54, 1.807) is 0 Å². The number of rotatable bonds is 3. The summed E-state index contributed by atoms with van der Waals surface area (Å²) in [7, 11) is 0. The molecule has 2 heterocycles. The molecule has 0 aromatic heterocycles. The van der Waals surface area contributed by atoms with E-state index in [1.807, 2.05) is 0 Å². The quantitative estimate of drug-likeness (QED) is 0.795. The molecule has 1 aliphatic carbocycles. The van der Waals surface area contributed by atoms with Crippen molar-refractivity contribution < 1.29 is 14.3 Å². The fraction of sp³-hybridized carbons (Fsp3) is 0.941. The van der Waals surface area contributed by atoms with Gasteiger partial charge >= 0.3 is 0 Å². The maximum Gasteiger partial charge on any atom is 0.139 e. The summed E-state index contributed by atoms with van der Waals surface area (Å²) in [5, 5.41) is 0. The van der Waals surface area contributed by atoms with Gasteiger partial charge in [0.1, 0.15) is 5.78 Å². The molecule has 3 aliphatic rings. The van der Waals surface area contributed by atoms with Gasteiger partial charge in [0.2, 0.25) is 0 Å². The predicted octanol–water partition coefficient (Wildman–Crippen LogP) is 3.36. The molecule has 1 saturated carbocycles. The summed E-state index contributed by atoms with van der Waals surface area (Å²) >= 11 is 0. The minimum absolute atomic E-state index is 0.126.